The summed E-state index contributed by atoms with van der Waals surface area (Å²) in [5.74, 6) is -0.966. The number of aryl methyl sites for hydroxylation is 2. The first-order valence-corrected chi connectivity index (χ1v) is 9.86. The third-order valence-electron chi connectivity index (χ3n) is 4.38. The summed E-state index contributed by atoms with van der Waals surface area (Å²) in [5.41, 5.74) is 3.14. The largest absolute Gasteiger partial charge is 0.326 e. The number of hydrogen-bond acceptors (Lipinski definition) is 4. The fourth-order valence-corrected chi connectivity index (χ4v) is 4.16. The molecule has 1 saturated heterocycles. The van der Waals surface area contributed by atoms with Crippen LogP contribution in [0.15, 0.2) is 41.4 Å². The molecule has 1 heterocycles. The molecule has 0 spiro atoms. The number of para-hydroxylation sites is 1. The third-order valence-corrected chi connectivity index (χ3v) is 5.90. The van der Waals surface area contributed by atoms with Gasteiger partial charge in [0.05, 0.1) is 10.7 Å². The first-order chi connectivity index (χ1) is 13.3. The number of aliphatic imine (C=N–C) groups is 1. The van der Waals surface area contributed by atoms with Crippen LogP contribution in [0, 0.1) is 19.7 Å². The first-order valence-electron chi connectivity index (χ1n) is 8.60. The number of nitrogens with zero attached hydrogens (tertiary/aromatic N) is 2. The monoisotopic (exact) mass is 419 g/mol. The zero-order valence-electron chi connectivity index (χ0n) is 15.6. The van der Waals surface area contributed by atoms with Gasteiger partial charge in [-0.25, -0.2) is 9.38 Å². The minimum atomic E-state index is -0.566. The second kappa shape index (κ2) is 8.32. The first kappa shape index (κ1) is 20.4. The van der Waals surface area contributed by atoms with Crippen LogP contribution in [0.2, 0.25) is 5.02 Å². The van der Waals surface area contributed by atoms with Crippen LogP contribution in [-0.2, 0) is 9.59 Å². The van der Waals surface area contributed by atoms with E-state index in [-0.39, 0.29) is 23.3 Å². The lowest BCUT2D eigenvalue weighted by atomic mass is 10.1. The van der Waals surface area contributed by atoms with E-state index in [1.807, 2.05) is 32.0 Å². The van der Waals surface area contributed by atoms with Crippen LogP contribution in [0.5, 0.6) is 0 Å². The van der Waals surface area contributed by atoms with E-state index in [1.165, 1.54) is 34.9 Å². The highest BCUT2D eigenvalue weighted by Crippen LogP contribution is 2.32. The van der Waals surface area contributed by atoms with Crippen molar-refractivity contribution in [2.24, 2.45) is 4.99 Å². The molecular formula is C20H19ClFN3O2S. The Kier molecular flexibility index (Phi) is 6.05. The Bertz CT molecular complexity index is 960. The van der Waals surface area contributed by atoms with E-state index in [2.05, 4.69) is 10.3 Å². The third kappa shape index (κ3) is 4.36. The number of thioether (sulfide) groups is 1. The van der Waals surface area contributed by atoms with E-state index in [0.717, 1.165) is 16.8 Å². The molecule has 1 aliphatic rings. The van der Waals surface area contributed by atoms with Crippen LogP contribution >= 0.6 is 23.4 Å². The van der Waals surface area contributed by atoms with Gasteiger partial charge >= 0.3 is 0 Å². The molecule has 2 amide bonds. The van der Waals surface area contributed by atoms with Crippen molar-refractivity contribution in [3.63, 3.8) is 0 Å². The zero-order valence-corrected chi connectivity index (χ0v) is 17.2. The number of carbonyl (C=O) groups is 2. The van der Waals surface area contributed by atoms with Crippen LogP contribution in [-0.4, -0.2) is 34.2 Å². The number of rotatable bonds is 4. The molecule has 0 aromatic heterocycles. The second-order valence-electron chi connectivity index (χ2n) is 6.52. The average molecular weight is 420 g/mol. The van der Waals surface area contributed by atoms with Crippen molar-refractivity contribution < 1.29 is 14.0 Å². The summed E-state index contributed by atoms with van der Waals surface area (Å²) in [7, 11) is 1.60. The number of halogens is 2. The lowest BCUT2D eigenvalue weighted by molar-refractivity contribution is -0.127. The SMILES string of the molecule is Cc1cccc(C)c1NC(=O)C[C@H]1SC(=Nc2ccc(F)c(Cl)c2)N(C)C1=O. The van der Waals surface area contributed by atoms with Crippen LogP contribution in [0.4, 0.5) is 15.8 Å². The van der Waals surface area contributed by atoms with Gasteiger partial charge in [-0.3, -0.25) is 14.5 Å². The molecule has 1 aliphatic heterocycles. The molecule has 2 aromatic rings. The molecule has 1 N–H and O–H groups in total. The highest BCUT2D eigenvalue weighted by Gasteiger charge is 2.37. The second-order valence-corrected chi connectivity index (χ2v) is 8.09. The van der Waals surface area contributed by atoms with Crippen LogP contribution in [0.3, 0.4) is 0 Å². The van der Waals surface area contributed by atoms with Gasteiger partial charge in [-0.15, -0.1) is 0 Å². The summed E-state index contributed by atoms with van der Waals surface area (Å²) < 4.78 is 13.3. The molecular weight excluding hydrogens is 401 g/mol. The smallest absolute Gasteiger partial charge is 0.242 e. The number of amides is 2. The fraction of sp³-hybridized carbons (Fsp3) is 0.250. The van der Waals surface area contributed by atoms with E-state index in [0.29, 0.717) is 10.9 Å². The van der Waals surface area contributed by atoms with Gasteiger partial charge in [-0.1, -0.05) is 41.6 Å². The van der Waals surface area contributed by atoms with Gasteiger partial charge in [0.25, 0.3) is 0 Å². The van der Waals surface area contributed by atoms with Gasteiger partial charge in [-0.05, 0) is 43.2 Å². The molecule has 8 heteroatoms. The molecule has 0 unspecified atom stereocenters. The Morgan fingerprint density at radius 2 is 1.96 bits per heavy atom. The molecule has 146 valence electrons. The van der Waals surface area contributed by atoms with Crippen molar-refractivity contribution in [1.29, 1.82) is 0 Å². The van der Waals surface area contributed by atoms with Crippen molar-refractivity contribution in [1.82, 2.24) is 4.90 Å². The van der Waals surface area contributed by atoms with E-state index < -0.39 is 11.1 Å². The fourth-order valence-electron chi connectivity index (χ4n) is 2.83. The van der Waals surface area contributed by atoms with Gasteiger partial charge in [-0.2, -0.15) is 0 Å². The van der Waals surface area contributed by atoms with E-state index in [9.17, 15) is 14.0 Å². The van der Waals surface area contributed by atoms with Crippen molar-refractivity contribution in [2.75, 3.05) is 12.4 Å². The van der Waals surface area contributed by atoms with Gasteiger partial charge in [0.1, 0.15) is 11.1 Å². The average Bonchev–Trinajstić information content (AvgIpc) is 2.89. The summed E-state index contributed by atoms with van der Waals surface area (Å²) in [6.07, 6.45) is 0.0325. The molecule has 0 bridgehead atoms. The topological polar surface area (TPSA) is 61.8 Å². The minimum Gasteiger partial charge on any atom is -0.326 e. The summed E-state index contributed by atoms with van der Waals surface area (Å²) in [5, 5.41) is 2.73. The van der Waals surface area contributed by atoms with Crippen molar-refractivity contribution in [2.45, 2.75) is 25.5 Å². The number of nitrogens with one attached hydrogen (secondary N) is 1. The maximum atomic E-state index is 13.3. The van der Waals surface area contributed by atoms with Gasteiger partial charge in [0, 0.05) is 19.2 Å². The van der Waals surface area contributed by atoms with E-state index in [4.69, 9.17) is 11.6 Å². The molecule has 0 radical (unpaired) electrons. The van der Waals surface area contributed by atoms with Crippen LogP contribution in [0.25, 0.3) is 0 Å². The predicted molar refractivity (Wildman–Crippen MR) is 112 cm³/mol. The lowest BCUT2D eigenvalue weighted by Gasteiger charge is -2.12. The van der Waals surface area contributed by atoms with Crippen LogP contribution in [0.1, 0.15) is 17.5 Å². The van der Waals surface area contributed by atoms with Crippen LogP contribution < -0.4 is 5.32 Å². The number of benzene rings is 2. The molecule has 1 fully saturated rings. The van der Waals surface area contributed by atoms with Crippen molar-refractivity contribution in [3.05, 3.63) is 58.4 Å². The predicted octanol–water partition coefficient (Wildman–Crippen LogP) is 4.69. The summed E-state index contributed by atoms with van der Waals surface area (Å²) >= 11 is 6.99. The van der Waals surface area contributed by atoms with Gasteiger partial charge < -0.3 is 5.32 Å². The quantitative estimate of drug-likeness (QED) is 0.782. The molecule has 0 saturated carbocycles. The molecule has 5 nitrogen and oxygen atoms in total. The molecule has 28 heavy (non-hydrogen) atoms. The Morgan fingerprint density at radius 3 is 2.61 bits per heavy atom. The normalized spacial score (nSPS) is 18.0. The Hall–Kier alpha value is -2.38. The number of carbonyl (C=O) groups excluding carboxylic acids is 2. The maximum absolute atomic E-state index is 13.3. The van der Waals surface area contributed by atoms with Gasteiger partial charge in [0.15, 0.2) is 5.17 Å². The zero-order chi connectivity index (χ0) is 20.4. The van der Waals surface area contributed by atoms with E-state index >= 15 is 0 Å². The molecule has 0 aliphatic carbocycles. The summed E-state index contributed by atoms with van der Waals surface area (Å²) in [6.45, 7) is 3.84. The van der Waals surface area contributed by atoms with Crippen molar-refractivity contribution in [3.8, 4) is 0 Å². The highest BCUT2D eigenvalue weighted by molar-refractivity contribution is 8.15. The Morgan fingerprint density at radius 1 is 1.29 bits per heavy atom. The summed E-state index contributed by atoms with van der Waals surface area (Å²) in [4.78, 5) is 30.7. The maximum Gasteiger partial charge on any atom is 0.242 e. The summed E-state index contributed by atoms with van der Waals surface area (Å²) in [6, 6.07) is 9.86. The van der Waals surface area contributed by atoms with Crippen molar-refractivity contribution >= 4 is 51.7 Å². The highest BCUT2D eigenvalue weighted by atomic mass is 35.5. The number of amidine groups is 1. The Balaban J connectivity index is 1.72. The minimum absolute atomic E-state index is 0.0325. The Labute approximate surface area is 172 Å². The van der Waals surface area contributed by atoms with Gasteiger partial charge in [0.2, 0.25) is 11.8 Å². The number of anilines is 1. The van der Waals surface area contributed by atoms with E-state index in [1.54, 1.807) is 7.05 Å². The molecule has 3 rings (SSSR count). The number of hydrogen-bond donors (Lipinski definition) is 1. The lowest BCUT2D eigenvalue weighted by Crippen LogP contribution is -2.30. The molecule has 2 aromatic carbocycles. The molecule has 1 atom stereocenters. The standard InChI is InChI=1S/C20H19ClFN3O2S/c1-11-5-4-6-12(2)18(11)24-17(26)10-16-19(27)25(3)20(28-16)23-13-7-8-15(22)14(21)9-13/h4-9,16H,10H2,1-3H3,(H,24,26)/t16-/m1/s1.